The molecule has 1 aromatic heterocycles. The third-order valence-electron chi connectivity index (χ3n) is 3.23. The van der Waals surface area contributed by atoms with Gasteiger partial charge >= 0.3 is 0 Å². The van der Waals surface area contributed by atoms with Gasteiger partial charge in [-0.1, -0.05) is 49.1 Å². The Bertz CT molecular complexity index is 721. The molecule has 3 rings (SSSR count). The molecule has 0 radical (unpaired) electrons. The molecule has 1 nitrogen and oxygen atoms in total. The Morgan fingerprint density at radius 3 is 1.80 bits per heavy atom. The molecule has 0 aliphatic rings. The van der Waals surface area contributed by atoms with Crippen LogP contribution < -0.4 is 0 Å². The van der Waals surface area contributed by atoms with Crippen LogP contribution in [0.1, 0.15) is 6.92 Å². The average Bonchev–Trinajstić information content (AvgIpc) is 2.84. The highest BCUT2D eigenvalue weighted by atomic mass is 15.0. The van der Waals surface area contributed by atoms with Crippen LogP contribution in [-0.2, 0) is 0 Å². The Labute approximate surface area is 120 Å². The van der Waals surface area contributed by atoms with Gasteiger partial charge in [0, 0.05) is 16.5 Å². The average molecular weight is 261 g/mol. The van der Waals surface area contributed by atoms with E-state index in [-0.39, 0.29) is 0 Å². The van der Waals surface area contributed by atoms with Crippen LogP contribution >= 0.6 is 0 Å². The zero-order chi connectivity index (χ0) is 14.5. The summed E-state index contributed by atoms with van der Waals surface area (Å²) in [6.45, 7) is 12.2. The van der Waals surface area contributed by atoms with Crippen LogP contribution in [0.2, 0.25) is 0 Å². The van der Waals surface area contributed by atoms with Crippen LogP contribution in [0.25, 0.3) is 27.5 Å². The molecule has 0 saturated heterocycles. The van der Waals surface area contributed by atoms with E-state index in [0.29, 0.717) is 0 Å². The minimum atomic E-state index is 0.995. The maximum Gasteiger partial charge on any atom is 0.0540 e. The monoisotopic (exact) mass is 261 g/mol. The molecule has 0 N–H and O–H groups in total. The second kappa shape index (κ2) is 6.07. The molecular formula is C19H19N. The molecule has 0 fully saturated rings. The van der Waals surface area contributed by atoms with E-state index in [1.165, 1.54) is 21.8 Å². The summed E-state index contributed by atoms with van der Waals surface area (Å²) in [7, 11) is 0. The summed E-state index contributed by atoms with van der Waals surface area (Å²) in [5.74, 6) is 0. The van der Waals surface area contributed by atoms with Crippen LogP contribution in [0.15, 0.2) is 80.4 Å². The Hall–Kier alpha value is -2.54. The second-order valence-electron chi connectivity index (χ2n) is 4.36. The van der Waals surface area contributed by atoms with E-state index >= 15 is 0 Å². The Balaban J connectivity index is 0.000000704. The summed E-state index contributed by atoms with van der Waals surface area (Å²) in [6.07, 6.45) is 4.06. The quantitative estimate of drug-likeness (QED) is 0.415. The molecule has 20 heavy (non-hydrogen) atoms. The van der Waals surface area contributed by atoms with Crippen LogP contribution in [0.4, 0.5) is 0 Å². The zero-order valence-electron chi connectivity index (χ0n) is 11.8. The van der Waals surface area contributed by atoms with Gasteiger partial charge in [-0.15, -0.1) is 13.2 Å². The zero-order valence-corrected chi connectivity index (χ0v) is 11.8. The fourth-order valence-corrected chi connectivity index (χ4v) is 2.50. The van der Waals surface area contributed by atoms with E-state index < -0.39 is 0 Å². The van der Waals surface area contributed by atoms with E-state index in [2.05, 4.69) is 72.8 Å². The Morgan fingerprint density at radius 1 is 0.900 bits per heavy atom. The molecule has 100 valence electrons. The summed E-state index contributed by atoms with van der Waals surface area (Å²) >= 11 is 0. The first kappa shape index (κ1) is 13.9. The van der Waals surface area contributed by atoms with Crippen LogP contribution in [0, 0.1) is 0 Å². The summed E-state index contributed by atoms with van der Waals surface area (Å²) in [5.41, 5.74) is 3.42. The Morgan fingerprint density at radius 2 is 1.35 bits per heavy atom. The lowest BCUT2D eigenvalue weighted by Gasteiger charge is -2.06. The molecule has 0 amide bonds. The highest BCUT2D eigenvalue weighted by molar-refractivity contribution is 6.10. The van der Waals surface area contributed by atoms with Crippen LogP contribution in [0.5, 0.6) is 0 Å². The number of allylic oxidation sites excluding steroid dienone is 3. The molecule has 0 atom stereocenters. The van der Waals surface area contributed by atoms with Crippen molar-refractivity contribution in [3.63, 3.8) is 0 Å². The normalized spacial score (nSPS) is 10.7. The summed E-state index contributed by atoms with van der Waals surface area (Å²) in [6, 6.07) is 16.9. The number of rotatable bonds is 2. The fourth-order valence-electron chi connectivity index (χ4n) is 2.50. The van der Waals surface area contributed by atoms with E-state index in [1.54, 1.807) is 0 Å². The lowest BCUT2D eigenvalue weighted by Crippen LogP contribution is -1.92. The first-order valence-corrected chi connectivity index (χ1v) is 6.63. The fraction of sp³-hybridized carbons (Fsp3) is 0.0526. The minimum Gasteiger partial charge on any atom is -0.310 e. The minimum absolute atomic E-state index is 0.995. The lowest BCUT2D eigenvalue weighted by atomic mass is 10.2. The van der Waals surface area contributed by atoms with Gasteiger partial charge in [-0.25, -0.2) is 0 Å². The smallest absolute Gasteiger partial charge is 0.0540 e. The third-order valence-corrected chi connectivity index (χ3v) is 3.23. The van der Waals surface area contributed by atoms with Gasteiger partial charge in [0.15, 0.2) is 0 Å². The number of hydrogen-bond donors (Lipinski definition) is 0. The number of aromatic nitrogens is 1. The SMILES string of the molecule is C=C.C=C(/C=C\C)n1c2ccccc2c2ccccc21. The van der Waals surface area contributed by atoms with Gasteiger partial charge in [-0.3, -0.25) is 0 Å². The van der Waals surface area contributed by atoms with E-state index in [0.717, 1.165) is 5.70 Å². The maximum absolute atomic E-state index is 4.16. The van der Waals surface area contributed by atoms with Gasteiger partial charge in [0.1, 0.15) is 0 Å². The van der Waals surface area contributed by atoms with Crippen molar-refractivity contribution < 1.29 is 0 Å². The van der Waals surface area contributed by atoms with Crippen molar-refractivity contribution in [2.24, 2.45) is 0 Å². The van der Waals surface area contributed by atoms with Gasteiger partial charge in [0.25, 0.3) is 0 Å². The van der Waals surface area contributed by atoms with E-state index in [1.807, 2.05) is 19.1 Å². The highest BCUT2D eigenvalue weighted by Crippen LogP contribution is 2.31. The maximum atomic E-state index is 4.16. The predicted molar refractivity (Wildman–Crippen MR) is 90.8 cm³/mol. The summed E-state index contributed by atoms with van der Waals surface area (Å²) in [4.78, 5) is 0. The van der Waals surface area contributed by atoms with E-state index in [9.17, 15) is 0 Å². The Kier molecular flexibility index (Phi) is 4.21. The molecule has 1 heterocycles. The first-order valence-electron chi connectivity index (χ1n) is 6.63. The highest BCUT2D eigenvalue weighted by Gasteiger charge is 2.09. The number of hydrogen-bond acceptors (Lipinski definition) is 0. The topological polar surface area (TPSA) is 4.93 Å². The first-order chi connectivity index (χ1) is 9.83. The van der Waals surface area contributed by atoms with Gasteiger partial charge in [0.05, 0.1) is 11.0 Å². The van der Waals surface area contributed by atoms with E-state index in [4.69, 9.17) is 0 Å². The molecule has 3 aromatic rings. The third kappa shape index (κ3) is 2.19. The van der Waals surface area contributed by atoms with Crippen molar-refractivity contribution in [1.82, 2.24) is 4.57 Å². The lowest BCUT2D eigenvalue weighted by molar-refractivity contribution is 1.24. The molecular weight excluding hydrogens is 242 g/mol. The molecule has 0 aliphatic carbocycles. The van der Waals surface area contributed by atoms with Crippen molar-refractivity contribution in [1.29, 1.82) is 0 Å². The van der Waals surface area contributed by atoms with Crippen molar-refractivity contribution in [3.05, 3.63) is 80.4 Å². The van der Waals surface area contributed by atoms with Gasteiger partial charge < -0.3 is 4.57 Å². The molecule has 0 bridgehead atoms. The number of para-hydroxylation sites is 2. The standard InChI is InChI=1S/C17H15N.C2H4/c1-3-8-13(2)18-16-11-6-4-9-14(16)15-10-5-7-12-17(15)18;1-2/h3-12H,2H2,1H3;1-2H2/b8-3-;. The number of nitrogens with zero attached hydrogens (tertiary/aromatic N) is 1. The summed E-state index contributed by atoms with van der Waals surface area (Å²) in [5, 5.41) is 2.55. The molecule has 2 aromatic carbocycles. The van der Waals surface area contributed by atoms with Gasteiger partial charge in [-0.05, 0) is 25.1 Å². The molecule has 0 saturated carbocycles. The predicted octanol–water partition coefficient (Wildman–Crippen LogP) is 5.64. The summed E-state index contributed by atoms with van der Waals surface area (Å²) < 4.78 is 2.21. The molecule has 1 heteroatoms. The van der Waals surface area contributed by atoms with Crippen molar-refractivity contribution in [3.8, 4) is 0 Å². The van der Waals surface area contributed by atoms with Gasteiger partial charge in [0.2, 0.25) is 0 Å². The largest absolute Gasteiger partial charge is 0.310 e. The molecule has 0 aliphatic heterocycles. The van der Waals surface area contributed by atoms with Crippen molar-refractivity contribution >= 4 is 27.5 Å². The van der Waals surface area contributed by atoms with Gasteiger partial charge in [-0.2, -0.15) is 0 Å². The number of benzene rings is 2. The molecule has 0 unspecified atom stereocenters. The van der Waals surface area contributed by atoms with Crippen LogP contribution in [0.3, 0.4) is 0 Å². The van der Waals surface area contributed by atoms with Crippen molar-refractivity contribution in [2.75, 3.05) is 0 Å². The van der Waals surface area contributed by atoms with Crippen molar-refractivity contribution in [2.45, 2.75) is 6.92 Å². The second-order valence-corrected chi connectivity index (χ2v) is 4.36. The molecule has 0 spiro atoms. The number of fused-ring (bicyclic) bond motifs is 3. The van der Waals surface area contributed by atoms with Crippen LogP contribution in [-0.4, -0.2) is 4.57 Å².